The summed E-state index contributed by atoms with van der Waals surface area (Å²) < 4.78 is 25.1. The van der Waals surface area contributed by atoms with Crippen LogP contribution in [-0.4, -0.2) is 39.7 Å². The van der Waals surface area contributed by atoms with Gasteiger partial charge in [0.15, 0.2) is 0 Å². The predicted molar refractivity (Wildman–Crippen MR) is 102 cm³/mol. The molecule has 1 amide bonds. The summed E-state index contributed by atoms with van der Waals surface area (Å²) in [6, 6.07) is 6.05. The normalized spacial score (nSPS) is 14.1. The number of benzene rings is 1. The van der Waals surface area contributed by atoms with Crippen molar-refractivity contribution in [1.82, 2.24) is 4.72 Å². The number of hydrogen-bond acceptors (Lipinski definition) is 4. The first-order valence-electron chi connectivity index (χ1n) is 8.69. The third-order valence-corrected chi connectivity index (χ3v) is 5.60. The molecule has 138 valence electrons. The molecule has 1 aromatic rings. The van der Waals surface area contributed by atoms with Crippen LogP contribution >= 0.6 is 0 Å². The van der Waals surface area contributed by atoms with Gasteiger partial charge in [-0.05, 0) is 50.5 Å². The van der Waals surface area contributed by atoms with Crippen molar-refractivity contribution >= 4 is 27.3 Å². The van der Waals surface area contributed by atoms with Crippen LogP contribution in [0.3, 0.4) is 0 Å². The number of rotatable bonds is 9. The van der Waals surface area contributed by atoms with Crippen LogP contribution in [-0.2, 0) is 14.8 Å². The first kappa shape index (κ1) is 19.5. The minimum Gasteiger partial charge on any atom is -0.364 e. The Kier molecular flexibility index (Phi) is 7.01. The van der Waals surface area contributed by atoms with Crippen LogP contribution in [0, 0.1) is 6.92 Å². The van der Waals surface area contributed by atoms with Gasteiger partial charge in [0.25, 0.3) is 0 Å². The summed E-state index contributed by atoms with van der Waals surface area (Å²) in [4.78, 5) is 14.3. The summed E-state index contributed by atoms with van der Waals surface area (Å²) in [5.74, 6) is 0.0352. The molecule has 25 heavy (non-hydrogen) atoms. The number of unbranched alkanes of at least 4 members (excludes halogenated alkanes) is 1. The molecule has 1 aliphatic heterocycles. The fourth-order valence-corrected chi connectivity index (χ4v) is 3.29. The van der Waals surface area contributed by atoms with Crippen molar-refractivity contribution in [2.24, 2.45) is 0 Å². The van der Waals surface area contributed by atoms with E-state index in [1.54, 1.807) is 6.92 Å². The van der Waals surface area contributed by atoms with Crippen molar-refractivity contribution in [3.05, 3.63) is 35.9 Å². The van der Waals surface area contributed by atoms with Gasteiger partial charge in [-0.25, -0.2) is 13.1 Å². The Balaban J connectivity index is 1.75. The van der Waals surface area contributed by atoms with E-state index in [0.717, 1.165) is 30.0 Å². The lowest BCUT2D eigenvalue weighted by atomic mass is 10.1. The summed E-state index contributed by atoms with van der Waals surface area (Å²) in [5, 5.41) is 2.93. The van der Waals surface area contributed by atoms with Crippen LogP contribution in [0.15, 0.2) is 30.4 Å². The number of anilines is 2. The van der Waals surface area contributed by atoms with Crippen molar-refractivity contribution < 1.29 is 13.2 Å². The molecule has 0 saturated carbocycles. The van der Waals surface area contributed by atoms with E-state index in [-0.39, 0.29) is 11.7 Å². The highest BCUT2D eigenvalue weighted by molar-refractivity contribution is 7.89. The lowest BCUT2D eigenvalue weighted by molar-refractivity contribution is -0.116. The van der Waals surface area contributed by atoms with Crippen molar-refractivity contribution in [2.75, 3.05) is 35.6 Å². The third-order valence-electron chi connectivity index (χ3n) is 4.20. The predicted octanol–water partition coefficient (Wildman–Crippen LogP) is 2.42. The van der Waals surface area contributed by atoms with Gasteiger partial charge in [-0.1, -0.05) is 12.2 Å². The number of carbonyl (C=O) groups excluding carboxylic acids is 1. The summed E-state index contributed by atoms with van der Waals surface area (Å²) in [7, 11) is -3.14. The summed E-state index contributed by atoms with van der Waals surface area (Å²) in [6.45, 7) is 5.81. The van der Waals surface area contributed by atoms with E-state index in [2.05, 4.69) is 33.2 Å². The molecule has 0 aromatic heterocycles. The van der Waals surface area contributed by atoms with Crippen molar-refractivity contribution in [1.29, 1.82) is 0 Å². The van der Waals surface area contributed by atoms with E-state index in [9.17, 15) is 13.2 Å². The molecule has 1 aliphatic rings. The molecular weight excluding hydrogens is 338 g/mol. The van der Waals surface area contributed by atoms with Crippen LogP contribution in [0.25, 0.3) is 0 Å². The summed E-state index contributed by atoms with van der Waals surface area (Å²) in [5.41, 5.74) is 3.02. The van der Waals surface area contributed by atoms with E-state index in [1.807, 2.05) is 19.1 Å². The molecule has 7 heteroatoms. The van der Waals surface area contributed by atoms with Crippen LogP contribution in [0.5, 0.6) is 0 Å². The van der Waals surface area contributed by atoms with E-state index < -0.39 is 10.0 Å². The zero-order chi connectivity index (χ0) is 18.3. The molecule has 0 aliphatic carbocycles. The number of amides is 1. The third kappa shape index (κ3) is 6.17. The lowest BCUT2D eigenvalue weighted by Crippen LogP contribution is -2.26. The quantitative estimate of drug-likeness (QED) is 0.520. The number of aryl methyl sites for hydroxylation is 1. The van der Waals surface area contributed by atoms with Crippen molar-refractivity contribution in [3.8, 4) is 0 Å². The number of hydrogen-bond donors (Lipinski definition) is 2. The fourth-order valence-electron chi connectivity index (χ4n) is 2.63. The highest BCUT2D eigenvalue weighted by atomic mass is 32.2. The molecular formula is C18H27N3O3S. The molecule has 0 fully saturated rings. The molecule has 0 atom stereocenters. The minimum absolute atomic E-state index is 0.0444. The maximum atomic E-state index is 12.1. The molecule has 0 radical (unpaired) electrons. The van der Waals surface area contributed by atoms with Gasteiger partial charge in [-0.15, -0.1) is 0 Å². The van der Waals surface area contributed by atoms with Gasteiger partial charge in [0, 0.05) is 37.4 Å². The van der Waals surface area contributed by atoms with Crippen LogP contribution in [0.1, 0.15) is 31.7 Å². The molecule has 0 saturated heterocycles. The Morgan fingerprint density at radius 1 is 1.20 bits per heavy atom. The molecule has 6 nitrogen and oxygen atoms in total. The maximum absolute atomic E-state index is 12.1. The molecule has 2 N–H and O–H groups in total. The standard InChI is InChI=1S/C18H27N3O3S/c1-3-25(23,24)19-11-5-4-8-18(22)20-17-10-9-16(14-15(17)2)21-12-6-7-13-21/h6-7,9-10,14,19H,3-5,8,11-13H2,1-2H3,(H,20,22). The van der Waals surface area contributed by atoms with E-state index in [1.165, 1.54) is 0 Å². The van der Waals surface area contributed by atoms with Crippen LogP contribution in [0.4, 0.5) is 11.4 Å². The largest absolute Gasteiger partial charge is 0.364 e. The number of carbonyl (C=O) groups is 1. The summed E-state index contributed by atoms with van der Waals surface area (Å²) in [6.07, 6.45) is 5.96. The van der Waals surface area contributed by atoms with Crippen molar-refractivity contribution in [3.63, 3.8) is 0 Å². The molecule has 0 spiro atoms. The Bertz CT molecular complexity index is 721. The highest BCUT2D eigenvalue weighted by Crippen LogP contribution is 2.24. The highest BCUT2D eigenvalue weighted by Gasteiger charge is 2.11. The van der Waals surface area contributed by atoms with Crippen LogP contribution < -0.4 is 14.9 Å². The Hall–Kier alpha value is -1.86. The summed E-state index contributed by atoms with van der Waals surface area (Å²) >= 11 is 0. The van der Waals surface area contributed by atoms with Crippen LogP contribution in [0.2, 0.25) is 0 Å². The second kappa shape index (κ2) is 9.01. The minimum atomic E-state index is -3.14. The average Bonchev–Trinajstić information content (AvgIpc) is 3.11. The molecule has 2 rings (SSSR count). The zero-order valence-corrected chi connectivity index (χ0v) is 15.7. The smallest absolute Gasteiger partial charge is 0.224 e. The van der Waals surface area contributed by atoms with Gasteiger partial charge in [0.1, 0.15) is 0 Å². The second-order valence-electron chi connectivity index (χ2n) is 6.18. The van der Waals surface area contributed by atoms with Crippen molar-refractivity contribution in [2.45, 2.75) is 33.1 Å². The Morgan fingerprint density at radius 2 is 1.92 bits per heavy atom. The van der Waals surface area contributed by atoms with E-state index in [0.29, 0.717) is 25.8 Å². The molecule has 1 heterocycles. The van der Waals surface area contributed by atoms with Gasteiger partial charge in [-0.3, -0.25) is 4.79 Å². The van der Waals surface area contributed by atoms with Gasteiger partial charge >= 0.3 is 0 Å². The Labute approximate surface area is 150 Å². The number of sulfonamides is 1. The topological polar surface area (TPSA) is 78.5 Å². The van der Waals surface area contributed by atoms with E-state index >= 15 is 0 Å². The molecule has 1 aromatic carbocycles. The SMILES string of the molecule is CCS(=O)(=O)NCCCCC(=O)Nc1ccc(N2CC=CC2)cc1C. The molecule has 0 unspecified atom stereocenters. The van der Waals surface area contributed by atoms with Gasteiger partial charge in [0.05, 0.1) is 5.75 Å². The average molecular weight is 365 g/mol. The van der Waals surface area contributed by atoms with E-state index in [4.69, 9.17) is 0 Å². The number of nitrogens with one attached hydrogen (secondary N) is 2. The van der Waals surface area contributed by atoms with Gasteiger partial charge < -0.3 is 10.2 Å². The zero-order valence-electron chi connectivity index (χ0n) is 14.9. The van der Waals surface area contributed by atoms with Gasteiger partial charge in [0.2, 0.25) is 15.9 Å². The lowest BCUT2D eigenvalue weighted by Gasteiger charge is -2.19. The monoisotopic (exact) mass is 365 g/mol. The first-order valence-corrected chi connectivity index (χ1v) is 10.3. The maximum Gasteiger partial charge on any atom is 0.224 e. The second-order valence-corrected chi connectivity index (χ2v) is 8.27. The number of nitrogens with zero attached hydrogens (tertiary/aromatic N) is 1. The van der Waals surface area contributed by atoms with Gasteiger partial charge in [-0.2, -0.15) is 0 Å². The fraction of sp³-hybridized carbons (Fsp3) is 0.500. The molecule has 0 bridgehead atoms. The first-order chi connectivity index (χ1) is 11.9. The Morgan fingerprint density at radius 3 is 2.56 bits per heavy atom.